The summed E-state index contributed by atoms with van der Waals surface area (Å²) in [5, 5.41) is 4.00. The van der Waals surface area contributed by atoms with Gasteiger partial charge < -0.3 is 4.90 Å². The number of nitrogens with one attached hydrogen (secondary N) is 1. The van der Waals surface area contributed by atoms with Gasteiger partial charge in [0.1, 0.15) is 11.6 Å². The van der Waals surface area contributed by atoms with Gasteiger partial charge in [-0.15, -0.1) is 11.3 Å². The van der Waals surface area contributed by atoms with Gasteiger partial charge in [-0.1, -0.05) is 0 Å². The second kappa shape index (κ2) is 5.81. The maximum Gasteiger partial charge on any atom is 0.406 e. The van der Waals surface area contributed by atoms with Gasteiger partial charge in [0.05, 0.1) is 17.3 Å². The first-order chi connectivity index (χ1) is 9.99. The van der Waals surface area contributed by atoms with Crippen molar-refractivity contribution < 1.29 is 18.0 Å². The van der Waals surface area contributed by atoms with Crippen molar-refractivity contribution in [3.63, 3.8) is 0 Å². The summed E-state index contributed by atoms with van der Waals surface area (Å²) in [6.07, 6.45) is -3.98. The molecule has 2 rings (SSSR count). The molecule has 1 aliphatic rings. The Morgan fingerprint density at radius 1 is 1.36 bits per heavy atom. The number of rotatable bonds is 4. The number of carbonyl (C=O) groups excluding carboxylic acids is 1. The highest BCUT2D eigenvalue weighted by Crippen LogP contribution is 2.29. The van der Waals surface area contributed by atoms with Crippen molar-refractivity contribution in [2.24, 2.45) is 0 Å². The van der Waals surface area contributed by atoms with Gasteiger partial charge in [0.2, 0.25) is 5.91 Å². The van der Waals surface area contributed by atoms with Gasteiger partial charge in [0, 0.05) is 11.4 Å². The minimum absolute atomic E-state index is 0.127. The Morgan fingerprint density at radius 2 is 2.00 bits per heavy atom. The van der Waals surface area contributed by atoms with E-state index in [1.807, 2.05) is 27.7 Å². The average Bonchev–Trinajstić information content (AvgIpc) is 2.85. The zero-order chi connectivity index (χ0) is 16.7. The second-order valence-corrected chi connectivity index (χ2v) is 7.35. The van der Waals surface area contributed by atoms with Crippen molar-refractivity contribution >= 4 is 17.2 Å². The molecule has 1 N–H and O–H groups in total. The normalized spacial score (nSPS) is 20.0. The number of aryl methyl sites for hydroxylation is 2. The minimum Gasteiger partial charge on any atom is -0.332 e. The number of amides is 1. The third-order valence-electron chi connectivity index (χ3n) is 3.77. The Hall–Kier alpha value is -1.15. The Labute approximate surface area is 131 Å². The summed E-state index contributed by atoms with van der Waals surface area (Å²) in [5.74, 6) is -0.490. The summed E-state index contributed by atoms with van der Waals surface area (Å²) in [4.78, 5) is 18.6. The fraction of sp³-hybridized carbons (Fsp3) is 0.714. The summed E-state index contributed by atoms with van der Waals surface area (Å²) in [6, 6.07) is -0.595. The lowest BCUT2D eigenvalue weighted by molar-refractivity contribution is -0.158. The molecule has 8 heteroatoms. The lowest BCUT2D eigenvalue weighted by Gasteiger charge is -2.27. The van der Waals surface area contributed by atoms with E-state index in [2.05, 4.69) is 10.3 Å². The molecule has 0 spiro atoms. The van der Waals surface area contributed by atoms with Crippen LogP contribution in [-0.2, 0) is 10.3 Å². The van der Waals surface area contributed by atoms with Crippen LogP contribution in [-0.4, -0.2) is 41.1 Å². The summed E-state index contributed by atoms with van der Waals surface area (Å²) in [7, 11) is 0. The van der Waals surface area contributed by atoms with Crippen LogP contribution < -0.4 is 5.32 Å². The van der Waals surface area contributed by atoms with Crippen molar-refractivity contribution in [1.82, 2.24) is 15.2 Å². The van der Waals surface area contributed by atoms with E-state index in [-0.39, 0.29) is 6.54 Å². The number of likely N-dealkylation sites (tertiary alicyclic amines) is 1. The highest BCUT2D eigenvalue weighted by Gasteiger charge is 2.41. The molecule has 1 unspecified atom stereocenters. The van der Waals surface area contributed by atoms with Crippen LogP contribution in [0.3, 0.4) is 0 Å². The van der Waals surface area contributed by atoms with Crippen molar-refractivity contribution in [3.8, 4) is 0 Å². The van der Waals surface area contributed by atoms with Crippen LogP contribution in [0.15, 0.2) is 0 Å². The van der Waals surface area contributed by atoms with Crippen LogP contribution in [0.1, 0.15) is 35.8 Å². The molecule has 1 atom stereocenters. The molecule has 1 aliphatic heterocycles. The molecule has 1 aromatic rings. The van der Waals surface area contributed by atoms with Gasteiger partial charge in [-0.25, -0.2) is 4.98 Å². The van der Waals surface area contributed by atoms with E-state index in [4.69, 9.17) is 0 Å². The maximum absolute atomic E-state index is 12.4. The van der Waals surface area contributed by atoms with Gasteiger partial charge in [-0.05, 0) is 34.1 Å². The molecule has 0 aromatic carbocycles. The van der Waals surface area contributed by atoms with E-state index in [0.717, 1.165) is 20.5 Å². The number of nitrogens with zero attached hydrogens (tertiary/aromatic N) is 2. The summed E-state index contributed by atoms with van der Waals surface area (Å²) in [6.45, 7) is 6.62. The predicted octanol–water partition coefficient (Wildman–Crippen LogP) is 2.75. The van der Waals surface area contributed by atoms with Crippen LogP contribution in [0.5, 0.6) is 0 Å². The molecule has 2 heterocycles. The number of hydrogen-bond donors (Lipinski definition) is 1. The van der Waals surface area contributed by atoms with Gasteiger partial charge in [0.25, 0.3) is 0 Å². The van der Waals surface area contributed by atoms with Gasteiger partial charge in [-0.2, -0.15) is 13.2 Å². The molecule has 0 aliphatic carbocycles. The van der Waals surface area contributed by atoms with E-state index in [1.165, 1.54) is 11.3 Å². The largest absolute Gasteiger partial charge is 0.406 e. The fourth-order valence-corrected chi connectivity index (χ4v) is 3.46. The van der Waals surface area contributed by atoms with Crippen LogP contribution >= 0.6 is 11.3 Å². The number of aromatic nitrogens is 1. The van der Waals surface area contributed by atoms with Crippen molar-refractivity contribution in [2.45, 2.75) is 51.9 Å². The van der Waals surface area contributed by atoms with Crippen LogP contribution in [0.4, 0.5) is 13.2 Å². The fourth-order valence-electron chi connectivity index (χ4n) is 2.48. The van der Waals surface area contributed by atoms with Gasteiger partial charge in [-0.3, -0.25) is 10.1 Å². The highest BCUT2D eigenvalue weighted by atomic mass is 32.1. The zero-order valence-corrected chi connectivity index (χ0v) is 13.9. The summed E-state index contributed by atoms with van der Waals surface area (Å²) < 4.78 is 37.3. The standard InChI is InChI=1S/C14H20F3N3OS/c1-8-9(2)22-12(18-8)13(3,4)19-10-5-6-20(11(10)21)7-14(15,16)17/h10,19H,5-7H2,1-4H3. The molecule has 0 radical (unpaired) electrons. The van der Waals surface area contributed by atoms with E-state index in [9.17, 15) is 18.0 Å². The number of carbonyl (C=O) groups is 1. The zero-order valence-electron chi connectivity index (χ0n) is 13.0. The predicted molar refractivity (Wildman–Crippen MR) is 78.8 cm³/mol. The van der Waals surface area contributed by atoms with E-state index in [1.54, 1.807) is 0 Å². The maximum atomic E-state index is 12.4. The van der Waals surface area contributed by atoms with Crippen molar-refractivity contribution in [2.75, 3.05) is 13.1 Å². The first-order valence-electron chi connectivity index (χ1n) is 7.07. The lowest BCUT2D eigenvalue weighted by atomic mass is 10.0. The molecule has 0 bridgehead atoms. The Morgan fingerprint density at radius 3 is 2.50 bits per heavy atom. The Kier molecular flexibility index (Phi) is 4.54. The van der Waals surface area contributed by atoms with Crippen LogP contribution in [0, 0.1) is 13.8 Å². The van der Waals surface area contributed by atoms with E-state index in [0.29, 0.717) is 6.42 Å². The molecule has 4 nitrogen and oxygen atoms in total. The number of hydrogen-bond acceptors (Lipinski definition) is 4. The Bertz CT molecular complexity index is 549. The molecular weight excluding hydrogens is 315 g/mol. The third kappa shape index (κ3) is 3.78. The molecule has 124 valence electrons. The third-order valence-corrected chi connectivity index (χ3v) is 5.16. The topological polar surface area (TPSA) is 45.2 Å². The average molecular weight is 335 g/mol. The van der Waals surface area contributed by atoms with Gasteiger partial charge >= 0.3 is 6.18 Å². The molecule has 22 heavy (non-hydrogen) atoms. The monoisotopic (exact) mass is 335 g/mol. The molecule has 1 fully saturated rings. The lowest BCUT2D eigenvalue weighted by Crippen LogP contribution is -2.48. The van der Waals surface area contributed by atoms with Crippen molar-refractivity contribution in [1.29, 1.82) is 0 Å². The SMILES string of the molecule is Cc1nc(C(C)(C)NC2CCN(CC(F)(F)F)C2=O)sc1C. The summed E-state index contributed by atoms with van der Waals surface area (Å²) >= 11 is 1.54. The molecular formula is C14H20F3N3OS. The first kappa shape index (κ1) is 17.2. The van der Waals surface area contributed by atoms with E-state index >= 15 is 0 Å². The summed E-state index contributed by atoms with van der Waals surface area (Å²) in [5.41, 5.74) is 0.379. The second-order valence-electron chi connectivity index (χ2n) is 6.15. The quantitative estimate of drug-likeness (QED) is 0.920. The molecule has 1 saturated heterocycles. The molecule has 0 saturated carbocycles. The minimum atomic E-state index is -4.36. The molecule has 1 amide bonds. The first-order valence-corrected chi connectivity index (χ1v) is 7.89. The molecule has 1 aromatic heterocycles. The van der Waals surface area contributed by atoms with Gasteiger partial charge in [0.15, 0.2) is 0 Å². The van der Waals surface area contributed by atoms with Crippen LogP contribution in [0.25, 0.3) is 0 Å². The van der Waals surface area contributed by atoms with E-state index < -0.39 is 30.2 Å². The highest BCUT2D eigenvalue weighted by molar-refractivity contribution is 7.11. The Balaban J connectivity index is 2.06. The van der Waals surface area contributed by atoms with Crippen LogP contribution in [0.2, 0.25) is 0 Å². The smallest absolute Gasteiger partial charge is 0.332 e. The number of halogens is 3. The number of alkyl halides is 3. The number of thiazole rings is 1. The van der Waals surface area contributed by atoms with Crippen molar-refractivity contribution in [3.05, 3.63) is 15.6 Å².